The molecule has 0 radical (unpaired) electrons. The first-order valence-electron chi connectivity index (χ1n) is 9.90. The van der Waals surface area contributed by atoms with Crippen molar-refractivity contribution in [2.45, 2.75) is 31.4 Å². The van der Waals surface area contributed by atoms with Gasteiger partial charge in [-0.15, -0.1) is 0 Å². The summed E-state index contributed by atoms with van der Waals surface area (Å²) in [5, 5.41) is 18.3. The van der Waals surface area contributed by atoms with E-state index in [9.17, 15) is 9.50 Å². The second kappa shape index (κ2) is 8.35. The van der Waals surface area contributed by atoms with Crippen LogP contribution in [-0.2, 0) is 13.0 Å². The lowest BCUT2D eigenvalue weighted by Gasteiger charge is -2.38. The number of likely N-dealkylation sites (tertiary alicyclic amines) is 1. The van der Waals surface area contributed by atoms with Gasteiger partial charge in [0.25, 0.3) is 0 Å². The number of aliphatic hydroxyl groups is 1. The minimum atomic E-state index is -0.781. The van der Waals surface area contributed by atoms with Gasteiger partial charge in [-0.3, -0.25) is 10.00 Å². The Hall–Kier alpha value is -2.70. The summed E-state index contributed by atoms with van der Waals surface area (Å²) < 4.78 is 18.8. The largest absolute Gasteiger partial charge is 0.497 e. The van der Waals surface area contributed by atoms with E-state index in [0.29, 0.717) is 19.3 Å². The van der Waals surface area contributed by atoms with E-state index in [1.165, 1.54) is 12.1 Å². The van der Waals surface area contributed by atoms with Crippen LogP contribution in [0.25, 0.3) is 11.3 Å². The van der Waals surface area contributed by atoms with E-state index in [1.807, 2.05) is 36.5 Å². The van der Waals surface area contributed by atoms with Crippen molar-refractivity contribution in [1.29, 1.82) is 0 Å². The van der Waals surface area contributed by atoms with Crippen molar-refractivity contribution in [1.82, 2.24) is 15.1 Å². The molecule has 6 heteroatoms. The van der Waals surface area contributed by atoms with Crippen LogP contribution in [-0.4, -0.2) is 46.0 Å². The molecule has 1 fully saturated rings. The quantitative estimate of drug-likeness (QED) is 0.667. The first-order chi connectivity index (χ1) is 14.0. The number of halogens is 1. The Kier molecular flexibility index (Phi) is 5.65. The molecule has 1 saturated heterocycles. The van der Waals surface area contributed by atoms with E-state index in [2.05, 4.69) is 15.1 Å². The van der Waals surface area contributed by atoms with Crippen molar-refractivity contribution in [2.75, 3.05) is 20.2 Å². The van der Waals surface area contributed by atoms with Crippen LogP contribution in [0.3, 0.4) is 0 Å². The molecule has 0 amide bonds. The molecule has 3 aromatic rings. The van der Waals surface area contributed by atoms with Gasteiger partial charge in [-0.1, -0.05) is 24.3 Å². The highest BCUT2D eigenvalue weighted by molar-refractivity contribution is 5.64. The molecule has 2 aromatic carbocycles. The van der Waals surface area contributed by atoms with Gasteiger partial charge in [0.2, 0.25) is 0 Å². The van der Waals surface area contributed by atoms with Crippen molar-refractivity contribution in [3.63, 3.8) is 0 Å². The number of H-pyrrole nitrogens is 1. The third-order valence-electron chi connectivity index (χ3n) is 5.68. The third-order valence-corrected chi connectivity index (χ3v) is 5.68. The Morgan fingerprint density at radius 2 is 1.97 bits per heavy atom. The highest BCUT2D eigenvalue weighted by atomic mass is 19.1. The van der Waals surface area contributed by atoms with Crippen LogP contribution in [0, 0.1) is 5.82 Å². The molecule has 0 bridgehead atoms. The Balaban J connectivity index is 1.40. The Morgan fingerprint density at radius 1 is 1.17 bits per heavy atom. The SMILES string of the molecule is COc1cccc(-c2[nH]ncc2CN2CCC(O)(Cc3cccc(F)c3)CC2)c1. The number of aromatic amines is 1. The molecule has 0 aliphatic carbocycles. The maximum Gasteiger partial charge on any atom is 0.123 e. The highest BCUT2D eigenvalue weighted by Crippen LogP contribution is 2.30. The van der Waals surface area contributed by atoms with E-state index in [1.54, 1.807) is 13.2 Å². The smallest absolute Gasteiger partial charge is 0.123 e. The molecule has 0 atom stereocenters. The van der Waals surface area contributed by atoms with Gasteiger partial charge in [-0.25, -0.2) is 4.39 Å². The van der Waals surface area contributed by atoms with E-state index in [-0.39, 0.29) is 5.82 Å². The molecular weight excluding hydrogens is 369 g/mol. The van der Waals surface area contributed by atoms with Gasteiger partial charge in [0.05, 0.1) is 24.6 Å². The van der Waals surface area contributed by atoms with Gasteiger partial charge < -0.3 is 9.84 Å². The number of nitrogens with zero attached hydrogens (tertiary/aromatic N) is 2. The molecule has 0 unspecified atom stereocenters. The monoisotopic (exact) mass is 395 g/mol. The van der Waals surface area contributed by atoms with Crippen molar-refractivity contribution >= 4 is 0 Å². The Morgan fingerprint density at radius 3 is 2.72 bits per heavy atom. The first-order valence-corrected chi connectivity index (χ1v) is 9.90. The highest BCUT2D eigenvalue weighted by Gasteiger charge is 2.32. The topological polar surface area (TPSA) is 61.4 Å². The molecule has 1 aromatic heterocycles. The molecule has 0 saturated carbocycles. The number of methoxy groups -OCH3 is 1. The van der Waals surface area contributed by atoms with Crippen LogP contribution in [0.5, 0.6) is 5.75 Å². The van der Waals surface area contributed by atoms with Crippen molar-refractivity contribution < 1.29 is 14.2 Å². The molecular formula is C23H26FN3O2. The molecule has 0 spiro atoms. The summed E-state index contributed by atoms with van der Waals surface area (Å²) in [5.41, 5.74) is 3.21. The molecule has 2 heterocycles. The zero-order valence-corrected chi connectivity index (χ0v) is 16.6. The standard InChI is InChI=1S/C23H26FN3O2/c1-29-21-7-3-5-18(13-21)22-19(15-25-26-22)16-27-10-8-23(28,9-11-27)14-17-4-2-6-20(24)12-17/h2-7,12-13,15,28H,8-11,14,16H2,1H3,(H,25,26). The van der Waals surface area contributed by atoms with E-state index in [4.69, 9.17) is 4.74 Å². The summed E-state index contributed by atoms with van der Waals surface area (Å²) in [6.45, 7) is 2.34. The van der Waals surface area contributed by atoms with Gasteiger partial charge in [0.1, 0.15) is 11.6 Å². The van der Waals surface area contributed by atoms with Crippen molar-refractivity contribution in [2.24, 2.45) is 0 Å². The van der Waals surface area contributed by atoms with Gasteiger partial charge in [0.15, 0.2) is 0 Å². The molecule has 5 nitrogen and oxygen atoms in total. The van der Waals surface area contributed by atoms with Crippen LogP contribution in [0.15, 0.2) is 54.7 Å². The van der Waals surface area contributed by atoms with Crippen LogP contribution >= 0.6 is 0 Å². The lowest BCUT2D eigenvalue weighted by atomic mass is 9.85. The van der Waals surface area contributed by atoms with Crippen molar-refractivity contribution in [3.8, 4) is 17.0 Å². The van der Waals surface area contributed by atoms with Gasteiger partial charge in [0, 0.05) is 37.2 Å². The Labute approximate surface area is 170 Å². The fourth-order valence-electron chi connectivity index (χ4n) is 4.03. The molecule has 2 N–H and O–H groups in total. The lowest BCUT2D eigenvalue weighted by Crippen LogP contribution is -2.45. The van der Waals surface area contributed by atoms with E-state index >= 15 is 0 Å². The maximum absolute atomic E-state index is 13.4. The second-order valence-corrected chi connectivity index (χ2v) is 7.81. The summed E-state index contributed by atoms with van der Waals surface area (Å²) in [5.74, 6) is 0.553. The minimum absolute atomic E-state index is 0.256. The predicted octanol–water partition coefficient (Wildman–Crippen LogP) is 3.79. The van der Waals surface area contributed by atoms with Crippen LogP contribution in [0.4, 0.5) is 4.39 Å². The van der Waals surface area contributed by atoms with Crippen LogP contribution in [0.1, 0.15) is 24.0 Å². The fourth-order valence-corrected chi connectivity index (χ4v) is 4.03. The van der Waals surface area contributed by atoms with Gasteiger partial charge >= 0.3 is 0 Å². The number of ether oxygens (including phenoxy) is 1. The zero-order valence-electron chi connectivity index (χ0n) is 16.6. The van der Waals surface area contributed by atoms with E-state index in [0.717, 1.165) is 47.8 Å². The molecule has 29 heavy (non-hydrogen) atoms. The number of benzene rings is 2. The normalized spacial score (nSPS) is 16.7. The van der Waals surface area contributed by atoms with Gasteiger partial charge in [-0.05, 0) is 42.7 Å². The third kappa shape index (κ3) is 4.66. The average Bonchev–Trinajstić information content (AvgIpc) is 3.18. The summed E-state index contributed by atoms with van der Waals surface area (Å²) in [6, 6.07) is 14.4. The maximum atomic E-state index is 13.4. The lowest BCUT2D eigenvalue weighted by molar-refractivity contribution is -0.0224. The molecule has 4 rings (SSSR count). The minimum Gasteiger partial charge on any atom is -0.497 e. The van der Waals surface area contributed by atoms with E-state index < -0.39 is 5.60 Å². The number of rotatable bonds is 6. The fraction of sp³-hybridized carbons (Fsp3) is 0.348. The summed E-state index contributed by atoms with van der Waals surface area (Å²) in [4.78, 5) is 2.33. The molecule has 1 aliphatic rings. The predicted molar refractivity (Wildman–Crippen MR) is 110 cm³/mol. The second-order valence-electron chi connectivity index (χ2n) is 7.81. The number of hydrogen-bond donors (Lipinski definition) is 2. The number of nitrogens with one attached hydrogen (secondary N) is 1. The van der Waals surface area contributed by atoms with Crippen LogP contribution < -0.4 is 4.74 Å². The summed E-state index contributed by atoms with van der Waals surface area (Å²) in [7, 11) is 1.66. The Bertz CT molecular complexity index is 964. The van der Waals surface area contributed by atoms with Crippen molar-refractivity contribution in [3.05, 3.63) is 71.7 Å². The molecule has 1 aliphatic heterocycles. The summed E-state index contributed by atoms with van der Waals surface area (Å²) >= 11 is 0. The first kappa shape index (κ1) is 19.6. The van der Waals surface area contributed by atoms with Crippen LogP contribution in [0.2, 0.25) is 0 Å². The number of aromatic nitrogens is 2. The average molecular weight is 395 g/mol. The van der Waals surface area contributed by atoms with Gasteiger partial charge in [-0.2, -0.15) is 5.10 Å². The number of hydrogen-bond acceptors (Lipinski definition) is 4. The number of piperidine rings is 1. The molecule has 152 valence electrons. The zero-order chi connectivity index (χ0) is 20.3. The summed E-state index contributed by atoms with van der Waals surface area (Å²) in [6.07, 6.45) is 3.67.